The van der Waals surface area contributed by atoms with Crippen LogP contribution in [0.15, 0.2) is 45.5 Å². The molecule has 4 nitrogen and oxygen atoms in total. The van der Waals surface area contributed by atoms with Crippen LogP contribution < -0.4 is 5.32 Å². The fourth-order valence-electron chi connectivity index (χ4n) is 1.73. The quantitative estimate of drug-likeness (QED) is 0.859. The number of furan rings is 1. The van der Waals surface area contributed by atoms with E-state index in [4.69, 9.17) is 16.0 Å². The molecule has 20 heavy (non-hydrogen) atoms. The molecule has 1 aromatic carbocycles. The largest absolute Gasteiger partial charge is 0.444 e. The van der Waals surface area contributed by atoms with Gasteiger partial charge in [-0.3, -0.25) is 4.79 Å². The standard InChI is InChI=1S/C14H13BrClNO3/c15-13-5-4-12(20-13)14(19)17-7-6-11(18)9-2-1-3-10(16)8-9/h1-5,8,11,18H,6-7H2,(H,17,19). The van der Waals surface area contributed by atoms with Gasteiger partial charge in [-0.25, -0.2) is 0 Å². The van der Waals surface area contributed by atoms with E-state index in [2.05, 4.69) is 21.2 Å². The fourth-order valence-corrected chi connectivity index (χ4v) is 2.23. The number of benzene rings is 1. The lowest BCUT2D eigenvalue weighted by Gasteiger charge is -2.11. The van der Waals surface area contributed by atoms with Crippen LogP contribution in [0.5, 0.6) is 0 Å². The molecule has 0 spiro atoms. The van der Waals surface area contributed by atoms with Crippen molar-refractivity contribution in [3.8, 4) is 0 Å². The van der Waals surface area contributed by atoms with E-state index in [0.29, 0.717) is 22.7 Å². The lowest BCUT2D eigenvalue weighted by Crippen LogP contribution is -2.25. The van der Waals surface area contributed by atoms with E-state index in [0.717, 1.165) is 5.56 Å². The van der Waals surface area contributed by atoms with Crippen LogP contribution in [0.25, 0.3) is 0 Å². The molecule has 106 valence electrons. The van der Waals surface area contributed by atoms with Crippen molar-refractivity contribution in [3.63, 3.8) is 0 Å². The summed E-state index contributed by atoms with van der Waals surface area (Å²) in [4.78, 5) is 11.7. The number of halogens is 2. The van der Waals surface area contributed by atoms with Gasteiger partial charge < -0.3 is 14.8 Å². The van der Waals surface area contributed by atoms with E-state index in [9.17, 15) is 9.90 Å². The van der Waals surface area contributed by atoms with Gasteiger partial charge in [0, 0.05) is 11.6 Å². The van der Waals surface area contributed by atoms with Gasteiger partial charge in [0.1, 0.15) is 0 Å². The zero-order chi connectivity index (χ0) is 14.5. The topological polar surface area (TPSA) is 62.5 Å². The molecule has 1 unspecified atom stereocenters. The Morgan fingerprint density at radius 1 is 1.40 bits per heavy atom. The molecule has 0 saturated carbocycles. The van der Waals surface area contributed by atoms with Gasteiger partial charge >= 0.3 is 0 Å². The molecule has 2 rings (SSSR count). The van der Waals surface area contributed by atoms with Crippen molar-refractivity contribution >= 4 is 33.4 Å². The van der Waals surface area contributed by atoms with Crippen molar-refractivity contribution in [3.05, 3.63) is 57.4 Å². The van der Waals surface area contributed by atoms with E-state index in [-0.39, 0.29) is 11.7 Å². The maximum atomic E-state index is 11.7. The van der Waals surface area contributed by atoms with Crippen LogP contribution in [-0.4, -0.2) is 17.6 Å². The summed E-state index contributed by atoms with van der Waals surface area (Å²) in [6, 6.07) is 10.2. The van der Waals surface area contributed by atoms with Gasteiger partial charge in [0.25, 0.3) is 5.91 Å². The summed E-state index contributed by atoms with van der Waals surface area (Å²) in [6.07, 6.45) is -0.272. The van der Waals surface area contributed by atoms with Crippen LogP contribution in [0.3, 0.4) is 0 Å². The van der Waals surface area contributed by atoms with Gasteiger partial charge in [-0.1, -0.05) is 23.7 Å². The zero-order valence-electron chi connectivity index (χ0n) is 10.5. The van der Waals surface area contributed by atoms with Gasteiger partial charge in [-0.05, 0) is 52.2 Å². The molecule has 1 amide bonds. The summed E-state index contributed by atoms with van der Waals surface area (Å²) in [5, 5.41) is 13.2. The number of rotatable bonds is 5. The summed E-state index contributed by atoms with van der Waals surface area (Å²) >= 11 is 8.99. The average molecular weight is 359 g/mol. The van der Waals surface area contributed by atoms with Crippen LogP contribution >= 0.6 is 27.5 Å². The second kappa shape index (κ2) is 6.92. The Labute approximate surface area is 129 Å². The molecular formula is C14H13BrClNO3. The zero-order valence-corrected chi connectivity index (χ0v) is 12.8. The molecular weight excluding hydrogens is 346 g/mol. The van der Waals surface area contributed by atoms with E-state index in [1.165, 1.54) is 0 Å². The Kier molecular flexibility index (Phi) is 5.23. The van der Waals surface area contributed by atoms with Gasteiger partial charge in [-0.15, -0.1) is 0 Å². The van der Waals surface area contributed by atoms with Crippen molar-refractivity contribution in [2.24, 2.45) is 0 Å². The third-order valence-corrected chi connectivity index (χ3v) is 3.40. The monoisotopic (exact) mass is 357 g/mol. The maximum absolute atomic E-state index is 11.7. The first kappa shape index (κ1) is 15.1. The number of nitrogens with one attached hydrogen (secondary N) is 1. The number of carbonyl (C=O) groups is 1. The molecule has 0 radical (unpaired) electrons. The molecule has 0 aliphatic carbocycles. The highest BCUT2D eigenvalue weighted by Gasteiger charge is 2.12. The minimum atomic E-state index is -0.669. The number of amides is 1. The molecule has 0 aliphatic rings. The second-order valence-electron chi connectivity index (χ2n) is 4.22. The highest BCUT2D eigenvalue weighted by Crippen LogP contribution is 2.20. The van der Waals surface area contributed by atoms with Gasteiger partial charge in [0.15, 0.2) is 10.4 Å². The number of hydrogen-bond acceptors (Lipinski definition) is 3. The minimum Gasteiger partial charge on any atom is -0.444 e. The molecule has 1 atom stereocenters. The van der Waals surface area contributed by atoms with Crippen LogP contribution in [-0.2, 0) is 0 Å². The van der Waals surface area contributed by atoms with Gasteiger partial charge in [0.05, 0.1) is 6.10 Å². The highest BCUT2D eigenvalue weighted by atomic mass is 79.9. The molecule has 2 aromatic rings. The number of hydrogen-bond donors (Lipinski definition) is 2. The van der Waals surface area contributed by atoms with Gasteiger partial charge in [0.2, 0.25) is 0 Å². The van der Waals surface area contributed by atoms with E-state index >= 15 is 0 Å². The van der Waals surface area contributed by atoms with E-state index < -0.39 is 6.10 Å². The van der Waals surface area contributed by atoms with Crippen LogP contribution in [0.1, 0.15) is 28.6 Å². The molecule has 6 heteroatoms. The van der Waals surface area contributed by atoms with Crippen molar-refractivity contribution in [2.45, 2.75) is 12.5 Å². The first-order chi connectivity index (χ1) is 9.56. The molecule has 1 aromatic heterocycles. The van der Waals surface area contributed by atoms with E-state index in [1.54, 1.807) is 36.4 Å². The van der Waals surface area contributed by atoms with Crippen molar-refractivity contribution in [1.29, 1.82) is 0 Å². The summed E-state index contributed by atoms with van der Waals surface area (Å²) < 4.78 is 5.63. The molecule has 2 N–H and O–H groups in total. The Balaban J connectivity index is 1.82. The fraction of sp³-hybridized carbons (Fsp3) is 0.214. The lowest BCUT2D eigenvalue weighted by molar-refractivity contribution is 0.0914. The Hall–Kier alpha value is -1.30. The summed E-state index contributed by atoms with van der Waals surface area (Å²) in [7, 11) is 0. The first-order valence-electron chi connectivity index (χ1n) is 6.03. The average Bonchev–Trinajstić information content (AvgIpc) is 2.85. The minimum absolute atomic E-state index is 0.231. The molecule has 0 bridgehead atoms. The molecule has 0 saturated heterocycles. The third kappa shape index (κ3) is 4.10. The lowest BCUT2D eigenvalue weighted by atomic mass is 10.1. The normalized spacial score (nSPS) is 12.2. The van der Waals surface area contributed by atoms with E-state index in [1.807, 2.05) is 0 Å². The Morgan fingerprint density at radius 2 is 2.20 bits per heavy atom. The van der Waals surface area contributed by atoms with Crippen molar-refractivity contribution in [1.82, 2.24) is 5.32 Å². The number of aliphatic hydroxyl groups excluding tert-OH is 1. The van der Waals surface area contributed by atoms with Crippen molar-refractivity contribution < 1.29 is 14.3 Å². The van der Waals surface area contributed by atoms with Gasteiger partial charge in [-0.2, -0.15) is 0 Å². The predicted molar refractivity (Wildman–Crippen MR) is 79.8 cm³/mol. The molecule has 0 aliphatic heterocycles. The molecule has 1 heterocycles. The Morgan fingerprint density at radius 3 is 2.85 bits per heavy atom. The Bertz CT molecular complexity index is 600. The summed E-state index contributed by atoms with van der Waals surface area (Å²) in [5.74, 6) is -0.0804. The third-order valence-electron chi connectivity index (χ3n) is 2.73. The maximum Gasteiger partial charge on any atom is 0.287 e. The van der Waals surface area contributed by atoms with Crippen LogP contribution in [0.4, 0.5) is 0 Å². The number of carbonyl (C=O) groups excluding carboxylic acids is 1. The predicted octanol–water partition coefficient (Wildman–Crippen LogP) is 3.55. The summed E-state index contributed by atoms with van der Waals surface area (Å²) in [6.45, 7) is 0.338. The smallest absolute Gasteiger partial charge is 0.287 e. The van der Waals surface area contributed by atoms with Crippen LogP contribution in [0.2, 0.25) is 5.02 Å². The number of aliphatic hydroxyl groups is 1. The summed E-state index contributed by atoms with van der Waals surface area (Å²) in [5.41, 5.74) is 0.729. The second-order valence-corrected chi connectivity index (χ2v) is 5.44. The first-order valence-corrected chi connectivity index (χ1v) is 7.20. The van der Waals surface area contributed by atoms with Crippen molar-refractivity contribution in [2.75, 3.05) is 6.54 Å². The van der Waals surface area contributed by atoms with Crippen LogP contribution in [0, 0.1) is 0 Å². The SMILES string of the molecule is O=C(NCCC(O)c1cccc(Cl)c1)c1ccc(Br)o1. The highest BCUT2D eigenvalue weighted by molar-refractivity contribution is 9.10. The molecule has 0 fully saturated rings.